The quantitative estimate of drug-likeness (QED) is 0.828. The third kappa shape index (κ3) is 1.49. The van der Waals surface area contributed by atoms with Gasteiger partial charge in [0.2, 0.25) is 0 Å². The second-order valence-electron chi connectivity index (χ2n) is 3.01. The van der Waals surface area contributed by atoms with Gasteiger partial charge in [-0.25, -0.2) is 0 Å². The lowest BCUT2D eigenvalue weighted by Crippen LogP contribution is -2.05. The number of fused-ring (bicyclic) bond motifs is 1. The topological polar surface area (TPSA) is 27.8 Å². The first-order valence-electron chi connectivity index (χ1n) is 4.22. The molecule has 0 aliphatic rings. The molecule has 13 heavy (non-hydrogen) atoms. The first kappa shape index (κ1) is 8.78. The summed E-state index contributed by atoms with van der Waals surface area (Å²) in [4.78, 5) is 3.25. The summed E-state index contributed by atoms with van der Waals surface area (Å²) in [5.74, 6) is 0. The minimum absolute atomic E-state index is 0.893. The molecule has 68 valence electrons. The van der Waals surface area contributed by atoms with Gasteiger partial charge in [0, 0.05) is 22.6 Å². The normalized spacial score (nSPS) is 10.9. The predicted octanol–water partition coefficient (Wildman–Crippen LogP) is 2.65. The molecule has 2 rings (SSSR count). The highest BCUT2D eigenvalue weighted by Crippen LogP contribution is 2.25. The second kappa shape index (κ2) is 3.52. The van der Waals surface area contributed by atoms with Gasteiger partial charge in [-0.3, -0.25) is 0 Å². The first-order valence-corrected chi connectivity index (χ1v) is 5.01. The number of aromatic amines is 1. The Labute approximate surface area is 85.5 Å². The van der Waals surface area contributed by atoms with Crippen LogP contribution in [0.5, 0.6) is 0 Å². The van der Waals surface area contributed by atoms with Gasteiger partial charge in [0.05, 0.1) is 5.52 Å². The van der Waals surface area contributed by atoms with Crippen molar-refractivity contribution in [3.8, 4) is 0 Å². The number of aromatic nitrogens is 1. The van der Waals surface area contributed by atoms with Crippen molar-refractivity contribution in [2.24, 2.45) is 0 Å². The molecular formula is C10H11BrN2. The summed E-state index contributed by atoms with van der Waals surface area (Å²) >= 11 is 3.50. The molecule has 0 radical (unpaired) electrons. The summed E-state index contributed by atoms with van der Waals surface area (Å²) < 4.78 is 1.13. The van der Waals surface area contributed by atoms with Crippen LogP contribution in [0.1, 0.15) is 5.56 Å². The van der Waals surface area contributed by atoms with Crippen LogP contribution < -0.4 is 5.32 Å². The molecule has 3 heteroatoms. The summed E-state index contributed by atoms with van der Waals surface area (Å²) in [6, 6.07) is 6.31. The van der Waals surface area contributed by atoms with Gasteiger partial charge < -0.3 is 10.3 Å². The minimum Gasteiger partial charge on any atom is -0.360 e. The van der Waals surface area contributed by atoms with Crippen molar-refractivity contribution < 1.29 is 0 Å². The van der Waals surface area contributed by atoms with Crippen LogP contribution >= 0.6 is 15.9 Å². The highest BCUT2D eigenvalue weighted by atomic mass is 79.9. The lowest BCUT2D eigenvalue weighted by atomic mass is 10.1. The van der Waals surface area contributed by atoms with Crippen molar-refractivity contribution in [3.05, 3.63) is 34.4 Å². The smallest absolute Gasteiger partial charge is 0.0511 e. The van der Waals surface area contributed by atoms with Gasteiger partial charge in [0.15, 0.2) is 0 Å². The van der Waals surface area contributed by atoms with Crippen molar-refractivity contribution >= 4 is 26.8 Å². The Hall–Kier alpha value is -0.800. The van der Waals surface area contributed by atoms with Crippen molar-refractivity contribution in [2.75, 3.05) is 7.05 Å². The molecule has 0 spiro atoms. The molecule has 2 aromatic rings. The van der Waals surface area contributed by atoms with Crippen molar-refractivity contribution in [1.29, 1.82) is 0 Å². The molecule has 2 N–H and O–H groups in total. The number of hydrogen-bond donors (Lipinski definition) is 2. The van der Waals surface area contributed by atoms with E-state index >= 15 is 0 Å². The standard InChI is InChI=1S/C10H11BrN2/c1-12-5-7-3-2-4-8-9(11)6-13-10(7)8/h2-4,6,12-13H,5H2,1H3. The van der Waals surface area contributed by atoms with Gasteiger partial charge in [0.25, 0.3) is 0 Å². The van der Waals surface area contributed by atoms with Gasteiger partial charge in [-0.2, -0.15) is 0 Å². The molecule has 0 atom stereocenters. The van der Waals surface area contributed by atoms with Gasteiger partial charge >= 0.3 is 0 Å². The van der Waals surface area contributed by atoms with Crippen LogP contribution in [0, 0.1) is 0 Å². The highest BCUT2D eigenvalue weighted by Gasteiger charge is 2.03. The van der Waals surface area contributed by atoms with E-state index in [0.29, 0.717) is 0 Å². The van der Waals surface area contributed by atoms with Crippen LogP contribution in [-0.4, -0.2) is 12.0 Å². The number of hydrogen-bond acceptors (Lipinski definition) is 1. The number of rotatable bonds is 2. The van der Waals surface area contributed by atoms with Gasteiger partial charge in [-0.15, -0.1) is 0 Å². The molecule has 1 heterocycles. The molecule has 0 unspecified atom stereocenters. The molecule has 0 saturated heterocycles. The Morgan fingerprint density at radius 3 is 3.08 bits per heavy atom. The van der Waals surface area contributed by atoms with E-state index in [1.807, 2.05) is 13.2 Å². The van der Waals surface area contributed by atoms with Crippen LogP contribution in [0.3, 0.4) is 0 Å². The van der Waals surface area contributed by atoms with E-state index in [1.165, 1.54) is 16.5 Å². The Morgan fingerprint density at radius 1 is 1.46 bits per heavy atom. The number of nitrogens with one attached hydrogen (secondary N) is 2. The van der Waals surface area contributed by atoms with E-state index in [1.54, 1.807) is 0 Å². The van der Waals surface area contributed by atoms with E-state index in [-0.39, 0.29) is 0 Å². The van der Waals surface area contributed by atoms with Crippen LogP contribution in [0.15, 0.2) is 28.9 Å². The maximum absolute atomic E-state index is 3.50. The van der Waals surface area contributed by atoms with Gasteiger partial charge in [-0.05, 0) is 28.5 Å². The minimum atomic E-state index is 0.893. The third-order valence-corrected chi connectivity index (χ3v) is 2.77. The number of halogens is 1. The Morgan fingerprint density at radius 2 is 2.31 bits per heavy atom. The van der Waals surface area contributed by atoms with Crippen molar-refractivity contribution in [1.82, 2.24) is 10.3 Å². The maximum Gasteiger partial charge on any atom is 0.0511 e. The van der Waals surface area contributed by atoms with Crippen LogP contribution in [0.25, 0.3) is 10.9 Å². The predicted molar refractivity (Wildman–Crippen MR) is 58.8 cm³/mol. The molecule has 1 aromatic heterocycles. The molecule has 0 aliphatic heterocycles. The lowest BCUT2D eigenvalue weighted by Gasteiger charge is -2.01. The SMILES string of the molecule is CNCc1cccc2c(Br)c[nH]c12. The summed E-state index contributed by atoms with van der Waals surface area (Å²) in [6.45, 7) is 0.893. The Bertz CT molecular complexity index is 420. The van der Waals surface area contributed by atoms with Gasteiger partial charge in [-0.1, -0.05) is 18.2 Å². The van der Waals surface area contributed by atoms with E-state index in [2.05, 4.69) is 44.4 Å². The first-order chi connectivity index (χ1) is 6.33. The van der Waals surface area contributed by atoms with E-state index < -0.39 is 0 Å². The maximum atomic E-state index is 3.50. The fourth-order valence-electron chi connectivity index (χ4n) is 1.52. The molecule has 0 fully saturated rings. The molecule has 0 bridgehead atoms. The fourth-order valence-corrected chi connectivity index (χ4v) is 1.97. The largest absolute Gasteiger partial charge is 0.360 e. The zero-order valence-corrected chi connectivity index (χ0v) is 8.98. The average molecular weight is 239 g/mol. The molecule has 0 saturated carbocycles. The summed E-state index contributed by atoms with van der Waals surface area (Å²) in [6.07, 6.45) is 1.98. The number of benzene rings is 1. The van der Waals surface area contributed by atoms with Crippen molar-refractivity contribution in [2.45, 2.75) is 6.54 Å². The van der Waals surface area contributed by atoms with E-state index in [0.717, 1.165) is 11.0 Å². The highest BCUT2D eigenvalue weighted by molar-refractivity contribution is 9.10. The molecule has 0 aliphatic carbocycles. The van der Waals surface area contributed by atoms with Crippen LogP contribution in [-0.2, 0) is 6.54 Å². The zero-order valence-electron chi connectivity index (χ0n) is 7.39. The summed E-state index contributed by atoms with van der Waals surface area (Å²) in [5.41, 5.74) is 2.51. The molecule has 2 nitrogen and oxygen atoms in total. The van der Waals surface area contributed by atoms with Crippen LogP contribution in [0.2, 0.25) is 0 Å². The lowest BCUT2D eigenvalue weighted by molar-refractivity contribution is 0.822. The zero-order chi connectivity index (χ0) is 9.26. The number of H-pyrrole nitrogens is 1. The van der Waals surface area contributed by atoms with Crippen molar-refractivity contribution in [3.63, 3.8) is 0 Å². The molecule has 0 amide bonds. The Balaban J connectivity index is 2.63. The second-order valence-corrected chi connectivity index (χ2v) is 3.86. The summed E-state index contributed by atoms with van der Waals surface area (Å²) in [7, 11) is 1.96. The number of para-hydroxylation sites is 1. The van der Waals surface area contributed by atoms with Gasteiger partial charge in [0.1, 0.15) is 0 Å². The fraction of sp³-hybridized carbons (Fsp3) is 0.200. The summed E-state index contributed by atoms with van der Waals surface area (Å²) in [5, 5.41) is 4.39. The average Bonchev–Trinajstić information content (AvgIpc) is 2.50. The van der Waals surface area contributed by atoms with Crippen LogP contribution in [0.4, 0.5) is 0 Å². The molecular weight excluding hydrogens is 228 g/mol. The monoisotopic (exact) mass is 238 g/mol. The van der Waals surface area contributed by atoms with E-state index in [9.17, 15) is 0 Å². The molecule has 1 aromatic carbocycles. The Kier molecular flexibility index (Phi) is 2.38. The third-order valence-electron chi connectivity index (χ3n) is 2.12. The van der Waals surface area contributed by atoms with E-state index in [4.69, 9.17) is 0 Å².